The number of aryl methyl sites for hydroxylation is 1. The van der Waals surface area contributed by atoms with Crippen molar-refractivity contribution in [3.05, 3.63) is 46.0 Å². The summed E-state index contributed by atoms with van der Waals surface area (Å²) < 4.78 is 0. The summed E-state index contributed by atoms with van der Waals surface area (Å²) in [5.74, 6) is 2.08. The summed E-state index contributed by atoms with van der Waals surface area (Å²) in [4.78, 5) is 16.6. The fourth-order valence-electron chi connectivity index (χ4n) is 1.52. The Hall–Kier alpha value is -1.93. The van der Waals surface area contributed by atoms with E-state index in [-0.39, 0.29) is 11.8 Å². The molecule has 1 aromatic rings. The molecule has 0 aromatic heterocycles. The zero-order valence-corrected chi connectivity index (χ0v) is 8.36. The molecule has 1 fully saturated rings. The Labute approximate surface area is 87.2 Å². The van der Waals surface area contributed by atoms with Crippen LogP contribution in [-0.4, -0.2) is 10.8 Å². The second-order valence-electron chi connectivity index (χ2n) is 3.54. The molecule has 4 nitrogen and oxygen atoms in total. The van der Waals surface area contributed by atoms with Crippen LogP contribution in [0.4, 0.5) is 0 Å². The Bertz CT molecular complexity index is 444. The van der Waals surface area contributed by atoms with Gasteiger partial charge in [-0.1, -0.05) is 29.8 Å². The average Bonchev–Trinajstić information content (AvgIpc) is 2.61. The first kappa shape index (κ1) is 9.62. The first-order valence-electron chi connectivity index (χ1n) is 4.70. The van der Waals surface area contributed by atoms with E-state index < -0.39 is 0 Å². The van der Waals surface area contributed by atoms with Crippen LogP contribution in [0.2, 0.25) is 0 Å². The maximum atomic E-state index is 11.1. The lowest BCUT2D eigenvalue weighted by atomic mass is 10.0. The summed E-state index contributed by atoms with van der Waals surface area (Å²) in [7, 11) is 0. The van der Waals surface area contributed by atoms with Crippen LogP contribution in [0.15, 0.2) is 30.0 Å². The molecule has 1 aliphatic rings. The van der Waals surface area contributed by atoms with Crippen molar-refractivity contribution in [3.63, 3.8) is 0 Å². The first-order chi connectivity index (χ1) is 7.20. The van der Waals surface area contributed by atoms with Gasteiger partial charge in [0, 0.05) is 5.56 Å². The van der Waals surface area contributed by atoms with E-state index in [1.165, 1.54) is 5.56 Å². The summed E-state index contributed by atoms with van der Waals surface area (Å²) in [5.41, 5.74) is 2.35. The van der Waals surface area contributed by atoms with Crippen LogP contribution in [0.5, 0.6) is 0 Å². The van der Waals surface area contributed by atoms with Gasteiger partial charge in [-0.25, -0.2) is 4.84 Å². The van der Waals surface area contributed by atoms with Crippen LogP contribution in [0.3, 0.4) is 0 Å². The van der Waals surface area contributed by atoms with Crippen molar-refractivity contribution in [2.75, 3.05) is 0 Å². The van der Waals surface area contributed by atoms with Gasteiger partial charge in [-0.3, -0.25) is 5.41 Å². The van der Waals surface area contributed by atoms with Crippen molar-refractivity contribution in [1.82, 2.24) is 0 Å². The summed E-state index contributed by atoms with van der Waals surface area (Å²) >= 11 is 0. The van der Waals surface area contributed by atoms with Crippen molar-refractivity contribution < 1.29 is 9.76 Å². The number of nitrogens with one attached hydrogen (secondary N) is 1. The Morgan fingerprint density at radius 1 is 1.47 bits per heavy atom. The Morgan fingerprint density at radius 3 is 2.67 bits per heavy atom. The summed E-state index contributed by atoms with van der Waals surface area (Å²) in [6.45, 7) is 2.00. The number of benzene rings is 1. The van der Waals surface area contributed by atoms with E-state index in [9.17, 15) is 4.91 Å². The summed E-state index contributed by atoms with van der Waals surface area (Å²) in [6, 6.07) is 7.81. The molecule has 15 heavy (non-hydrogen) atoms. The third-order valence-electron chi connectivity index (χ3n) is 2.42. The lowest BCUT2D eigenvalue weighted by Crippen LogP contribution is -1.99. The summed E-state index contributed by atoms with van der Waals surface area (Å²) in [5, 5.41) is 6.91. The molecule has 0 radical (unpaired) electrons. The topological polar surface area (TPSA) is 53.2 Å². The second-order valence-corrected chi connectivity index (χ2v) is 3.54. The molecule has 1 aliphatic heterocycles. The average molecular weight is 203 g/mol. The predicted molar refractivity (Wildman–Crippen MR) is 54.5 cm³/mol. The van der Waals surface area contributed by atoms with Gasteiger partial charge in [0.05, 0.1) is 10.8 Å². The molecule has 1 unspecified atom stereocenters. The zero-order valence-electron chi connectivity index (χ0n) is 8.36. The standard InChI is InChI=1S/C11H11N2O2/c1-8-2-4-9(5-3-8)11-6-10(7-12)13(14)15-11/h2-5,11-12H,6H2,1H3/q+1. The van der Waals surface area contributed by atoms with E-state index in [2.05, 4.69) is 5.87 Å². The van der Waals surface area contributed by atoms with E-state index in [1.807, 2.05) is 31.2 Å². The second kappa shape index (κ2) is 3.67. The molecule has 0 saturated carbocycles. The molecule has 0 bridgehead atoms. The van der Waals surface area contributed by atoms with Gasteiger partial charge < -0.3 is 0 Å². The number of hydrogen-bond acceptors (Lipinski definition) is 3. The number of nitrogens with zero attached hydrogens (tertiary/aromatic N) is 1. The van der Waals surface area contributed by atoms with Gasteiger partial charge in [0.2, 0.25) is 6.10 Å². The zero-order chi connectivity index (χ0) is 10.8. The molecule has 0 spiro atoms. The molecule has 1 atom stereocenters. The predicted octanol–water partition coefficient (Wildman–Crippen LogP) is 2.28. The van der Waals surface area contributed by atoms with Gasteiger partial charge in [-0.2, -0.15) is 0 Å². The quantitative estimate of drug-likeness (QED) is 0.712. The van der Waals surface area contributed by atoms with Gasteiger partial charge in [-0.05, 0) is 6.92 Å². The van der Waals surface area contributed by atoms with Crippen molar-refractivity contribution in [2.45, 2.75) is 19.4 Å². The fraction of sp³-hybridized carbons (Fsp3) is 0.273. The van der Waals surface area contributed by atoms with Crippen molar-refractivity contribution in [3.8, 4) is 0 Å². The molecule has 4 heteroatoms. The highest BCUT2D eigenvalue weighted by atomic mass is 16.8. The van der Waals surface area contributed by atoms with Crippen LogP contribution < -0.4 is 0 Å². The minimum absolute atomic E-state index is 0.237. The Kier molecular flexibility index (Phi) is 2.35. The fourth-order valence-corrected chi connectivity index (χ4v) is 1.52. The molecule has 1 aromatic carbocycles. The molecular weight excluding hydrogens is 192 g/mol. The SMILES string of the molecule is Cc1ccc(C2CC(=C=N)[N+](=O)O2)cc1. The van der Waals surface area contributed by atoms with Gasteiger partial charge in [-0.15, -0.1) is 0 Å². The highest BCUT2D eigenvalue weighted by molar-refractivity contribution is 5.51. The largest absolute Gasteiger partial charge is 0.357 e. The third kappa shape index (κ3) is 1.80. The van der Waals surface area contributed by atoms with Crippen molar-refractivity contribution in [1.29, 1.82) is 5.41 Å². The Morgan fingerprint density at radius 2 is 2.13 bits per heavy atom. The van der Waals surface area contributed by atoms with E-state index in [1.54, 1.807) is 0 Å². The molecule has 76 valence electrons. The molecule has 2 rings (SSSR count). The number of rotatable bonds is 1. The van der Waals surface area contributed by atoms with E-state index in [0.717, 1.165) is 5.56 Å². The molecular formula is C11H11N2O2+. The van der Waals surface area contributed by atoms with E-state index >= 15 is 0 Å². The van der Waals surface area contributed by atoms with Crippen LogP contribution in [-0.2, 0) is 4.84 Å². The molecule has 1 saturated heterocycles. The van der Waals surface area contributed by atoms with Crippen molar-refractivity contribution in [2.24, 2.45) is 0 Å². The van der Waals surface area contributed by atoms with Crippen LogP contribution in [0.25, 0.3) is 0 Å². The summed E-state index contributed by atoms with van der Waals surface area (Å²) in [6.07, 6.45) is 0.131. The van der Waals surface area contributed by atoms with Crippen LogP contribution in [0.1, 0.15) is 23.7 Å². The Balaban J connectivity index is 2.24. The van der Waals surface area contributed by atoms with Gasteiger partial charge in [0.1, 0.15) is 6.42 Å². The molecule has 0 amide bonds. The highest BCUT2D eigenvalue weighted by Crippen LogP contribution is 2.31. The molecule has 1 N–H and O–H groups in total. The lowest BCUT2D eigenvalue weighted by Gasteiger charge is -2.02. The van der Waals surface area contributed by atoms with E-state index in [4.69, 9.17) is 10.2 Å². The smallest absolute Gasteiger partial charge is 0.253 e. The van der Waals surface area contributed by atoms with Crippen LogP contribution >= 0.6 is 0 Å². The normalized spacial score (nSPS) is 19.9. The van der Waals surface area contributed by atoms with E-state index in [0.29, 0.717) is 11.3 Å². The van der Waals surface area contributed by atoms with Crippen LogP contribution in [0, 0.1) is 17.2 Å². The minimum atomic E-state index is -0.282. The lowest BCUT2D eigenvalue weighted by molar-refractivity contribution is -0.758. The maximum Gasteiger partial charge on any atom is 0.357 e. The van der Waals surface area contributed by atoms with Gasteiger partial charge >= 0.3 is 5.70 Å². The molecule has 1 heterocycles. The highest BCUT2D eigenvalue weighted by Gasteiger charge is 2.39. The first-order valence-corrected chi connectivity index (χ1v) is 4.70. The van der Waals surface area contributed by atoms with Crippen molar-refractivity contribution >= 4 is 5.87 Å². The minimum Gasteiger partial charge on any atom is -0.253 e. The third-order valence-corrected chi connectivity index (χ3v) is 2.42. The maximum absolute atomic E-state index is 11.1. The number of hydrogen-bond donors (Lipinski definition) is 1. The van der Waals surface area contributed by atoms with Gasteiger partial charge in [0.25, 0.3) is 4.92 Å². The monoisotopic (exact) mass is 203 g/mol. The van der Waals surface area contributed by atoms with Gasteiger partial charge in [0.15, 0.2) is 0 Å². The molecule has 0 aliphatic carbocycles.